The van der Waals surface area contributed by atoms with Crippen LogP contribution in [0.2, 0.25) is 0 Å². The van der Waals surface area contributed by atoms with Crippen molar-refractivity contribution < 1.29 is 9.59 Å². The lowest BCUT2D eigenvalue weighted by Crippen LogP contribution is -2.08. The van der Waals surface area contributed by atoms with E-state index < -0.39 is 0 Å². The third kappa shape index (κ3) is 4.40. The summed E-state index contributed by atoms with van der Waals surface area (Å²) >= 11 is 3.03. The summed E-state index contributed by atoms with van der Waals surface area (Å²) in [5.74, 6) is 0.914. The average molecular weight is 451 g/mol. The van der Waals surface area contributed by atoms with Crippen molar-refractivity contribution in [1.82, 2.24) is 19.7 Å². The van der Waals surface area contributed by atoms with E-state index in [1.54, 1.807) is 11.3 Å². The second-order valence-electron chi connectivity index (χ2n) is 7.22. The molecule has 0 aliphatic carbocycles. The molecule has 0 saturated carbocycles. The summed E-state index contributed by atoms with van der Waals surface area (Å²) in [4.78, 5) is 29.1. The predicted molar refractivity (Wildman–Crippen MR) is 124 cm³/mol. The molecule has 0 saturated heterocycles. The first-order valence-corrected chi connectivity index (χ1v) is 11.7. The number of aryl methyl sites for hydroxylation is 1. The van der Waals surface area contributed by atoms with E-state index >= 15 is 0 Å². The predicted octanol–water partition coefficient (Wildman–Crippen LogP) is 5.04. The smallest absolute Gasteiger partial charge is 0.196 e. The molecular weight excluding hydrogens is 428 g/mol. The Kier molecular flexibility index (Phi) is 6.20. The number of aromatic nitrogens is 4. The SMILES string of the molecule is CC(=O)c1c(C)[nH]c(C(=O)CSc2nnc(Cc3cccs3)n2-c2ccccc2)c1C. The Morgan fingerprint density at radius 1 is 1.10 bits per heavy atom. The van der Waals surface area contributed by atoms with Gasteiger partial charge in [0, 0.05) is 28.2 Å². The molecule has 1 aromatic carbocycles. The van der Waals surface area contributed by atoms with Gasteiger partial charge in [-0.05, 0) is 49.9 Å². The Morgan fingerprint density at radius 3 is 2.52 bits per heavy atom. The van der Waals surface area contributed by atoms with Gasteiger partial charge in [-0.2, -0.15) is 0 Å². The number of rotatable bonds is 8. The van der Waals surface area contributed by atoms with Crippen LogP contribution < -0.4 is 0 Å². The van der Waals surface area contributed by atoms with Gasteiger partial charge in [0.15, 0.2) is 16.7 Å². The van der Waals surface area contributed by atoms with E-state index in [-0.39, 0.29) is 17.3 Å². The number of thiophene rings is 1. The van der Waals surface area contributed by atoms with Crippen molar-refractivity contribution >= 4 is 34.7 Å². The third-order valence-corrected chi connectivity index (χ3v) is 6.83. The van der Waals surface area contributed by atoms with Crippen molar-refractivity contribution in [2.45, 2.75) is 32.3 Å². The molecule has 6 nitrogen and oxygen atoms in total. The minimum Gasteiger partial charge on any atom is -0.355 e. The quantitative estimate of drug-likeness (QED) is 0.300. The Bertz CT molecular complexity index is 1220. The van der Waals surface area contributed by atoms with Gasteiger partial charge >= 0.3 is 0 Å². The zero-order valence-corrected chi connectivity index (χ0v) is 19.1. The fourth-order valence-corrected chi connectivity index (χ4v) is 5.22. The first-order valence-electron chi connectivity index (χ1n) is 9.84. The van der Waals surface area contributed by atoms with Gasteiger partial charge in [-0.15, -0.1) is 21.5 Å². The highest BCUT2D eigenvalue weighted by atomic mass is 32.2. The van der Waals surface area contributed by atoms with Gasteiger partial charge < -0.3 is 4.98 Å². The standard InChI is InChI=1S/C23H22N4O2S2/c1-14-21(16(3)28)15(2)24-22(14)19(29)13-31-23-26-25-20(12-18-10-7-11-30-18)27(23)17-8-5-4-6-9-17/h4-11,24H,12-13H2,1-3H3. The number of hydrogen-bond acceptors (Lipinski definition) is 6. The van der Waals surface area contributed by atoms with Gasteiger partial charge in [0.05, 0.1) is 11.4 Å². The van der Waals surface area contributed by atoms with E-state index in [1.165, 1.54) is 23.6 Å². The van der Waals surface area contributed by atoms with Crippen LogP contribution in [0.3, 0.4) is 0 Å². The lowest BCUT2D eigenvalue weighted by atomic mass is 10.1. The molecule has 0 aliphatic heterocycles. The van der Waals surface area contributed by atoms with Gasteiger partial charge in [-0.3, -0.25) is 14.2 Å². The van der Waals surface area contributed by atoms with Crippen LogP contribution in [-0.2, 0) is 6.42 Å². The van der Waals surface area contributed by atoms with Crippen LogP contribution in [0, 0.1) is 13.8 Å². The first-order chi connectivity index (χ1) is 15.0. The van der Waals surface area contributed by atoms with E-state index in [0.717, 1.165) is 17.2 Å². The molecule has 8 heteroatoms. The molecule has 0 radical (unpaired) electrons. The third-order valence-electron chi connectivity index (χ3n) is 5.03. The zero-order valence-electron chi connectivity index (χ0n) is 17.5. The first kappa shape index (κ1) is 21.3. The molecule has 4 rings (SSSR count). The van der Waals surface area contributed by atoms with Crippen molar-refractivity contribution in [3.05, 3.63) is 81.1 Å². The molecule has 0 unspecified atom stereocenters. The number of ketones is 2. The van der Waals surface area contributed by atoms with Gasteiger partial charge in [-0.1, -0.05) is 36.0 Å². The van der Waals surface area contributed by atoms with E-state index in [4.69, 9.17) is 0 Å². The maximum Gasteiger partial charge on any atom is 0.196 e. The number of nitrogens with zero attached hydrogens (tertiary/aromatic N) is 3. The van der Waals surface area contributed by atoms with E-state index in [0.29, 0.717) is 28.4 Å². The molecule has 4 aromatic rings. The Labute approximate surface area is 188 Å². The summed E-state index contributed by atoms with van der Waals surface area (Å²) < 4.78 is 2.01. The number of nitrogens with one attached hydrogen (secondary N) is 1. The summed E-state index contributed by atoms with van der Waals surface area (Å²) in [7, 11) is 0. The second kappa shape index (κ2) is 9.03. The van der Waals surface area contributed by atoms with Gasteiger partial charge in [0.2, 0.25) is 0 Å². The number of carbonyl (C=O) groups excluding carboxylic acids is 2. The van der Waals surface area contributed by atoms with Crippen molar-refractivity contribution in [3.63, 3.8) is 0 Å². The summed E-state index contributed by atoms with van der Waals surface area (Å²) in [5.41, 5.74) is 3.47. The monoisotopic (exact) mass is 450 g/mol. The average Bonchev–Trinajstić information content (AvgIpc) is 3.47. The molecule has 0 spiro atoms. The number of thioether (sulfide) groups is 1. The molecule has 3 heterocycles. The number of Topliss-reactive ketones (excluding diaryl/α,β-unsaturated/α-hetero) is 2. The summed E-state index contributed by atoms with van der Waals surface area (Å²) in [5, 5.41) is 11.5. The minimum absolute atomic E-state index is 0.0417. The number of aromatic amines is 1. The number of hydrogen-bond donors (Lipinski definition) is 1. The Morgan fingerprint density at radius 2 is 1.87 bits per heavy atom. The molecule has 0 bridgehead atoms. The molecule has 0 atom stereocenters. The van der Waals surface area contributed by atoms with Crippen molar-refractivity contribution in [1.29, 1.82) is 0 Å². The molecule has 1 N–H and O–H groups in total. The van der Waals surface area contributed by atoms with Crippen LogP contribution in [-0.4, -0.2) is 37.1 Å². The lowest BCUT2D eigenvalue weighted by molar-refractivity contribution is 0.101. The minimum atomic E-state index is -0.0690. The topological polar surface area (TPSA) is 80.6 Å². The Hall–Kier alpha value is -2.97. The largest absolute Gasteiger partial charge is 0.355 e. The van der Waals surface area contributed by atoms with Crippen LogP contribution in [0.1, 0.15) is 49.7 Å². The Balaban J connectivity index is 1.60. The highest BCUT2D eigenvalue weighted by Crippen LogP contribution is 2.26. The highest BCUT2D eigenvalue weighted by molar-refractivity contribution is 7.99. The molecular formula is C23H22N4O2S2. The van der Waals surface area contributed by atoms with Crippen LogP contribution in [0.15, 0.2) is 53.0 Å². The number of para-hydroxylation sites is 1. The van der Waals surface area contributed by atoms with Gasteiger partial charge in [0.25, 0.3) is 0 Å². The second-order valence-corrected chi connectivity index (χ2v) is 9.19. The number of H-pyrrole nitrogens is 1. The fraction of sp³-hybridized carbons (Fsp3) is 0.217. The van der Waals surface area contributed by atoms with Crippen LogP contribution in [0.5, 0.6) is 0 Å². The molecule has 3 aromatic heterocycles. The molecule has 0 fully saturated rings. The molecule has 0 amide bonds. The maximum atomic E-state index is 12.9. The van der Waals surface area contributed by atoms with E-state index in [2.05, 4.69) is 21.2 Å². The van der Waals surface area contributed by atoms with Gasteiger partial charge in [0.1, 0.15) is 5.82 Å². The molecule has 0 aliphatic rings. The van der Waals surface area contributed by atoms with Crippen molar-refractivity contribution in [3.8, 4) is 5.69 Å². The van der Waals surface area contributed by atoms with Crippen molar-refractivity contribution in [2.75, 3.05) is 5.75 Å². The number of carbonyl (C=O) groups is 2. The number of benzene rings is 1. The molecule has 158 valence electrons. The van der Waals surface area contributed by atoms with Crippen LogP contribution in [0.25, 0.3) is 5.69 Å². The zero-order chi connectivity index (χ0) is 22.0. The van der Waals surface area contributed by atoms with E-state index in [9.17, 15) is 9.59 Å². The highest BCUT2D eigenvalue weighted by Gasteiger charge is 2.22. The summed E-state index contributed by atoms with van der Waals surface area (Å²) in [6, 6.07) is 14.0. The normalized spacial score (nSPS) is 11.1. The van der Waals surface area contributed by atoms with Crippen molar-refractivity contribution in [2.24, 2.45) is 0 Å². The van der Waals surface area contributed by atoms with Gasteiger partial charge in [-0.25, -0.2) is 0 Å². The van der Waals surface area contributed by atoms with E-state index in [1.807, 2.05) is 60.2 Å². The maximum absolute atomic E-state index is 12.9. The fourth-order valence-electron chi connectivity index (χ4n) is 3.67. The summed E-state index contributed by atoms with van der Waals surface area (Å²) in [6.07, 6.45) is 0.672. The lowest BCUT2D eigenvalue weighted by Gasteiger charge is -2.09. The van der Waals surface area contributed by atoms with Crippen LogP contribution in [0.4, 0.5) is 0 Å². The molecule has 31 heavy (non-hydrogen) atoms. The summed E-state index contributed by atoms with van der Waals surface area (Å²) in [6.45, 7) is 5.14. The van der Waals surface area contributed by atoms with Crippen LogP contribution >= 0.6 is 23.1 Å².